The van der Waals surface area contributed by atoms with Crippen molar-refractivity contribution in [3.8, 4) is 0 Å². The van der Waals surface area contributed by atoms with Crippen molar-refractivity contribution in [2.24, 2.45) is 5.84 Å². The topological polar surface area (TPSA) is 102 Å². The zero-order valence-corrected chi connectivity index (χ0v) is 11.3. The van der Waals surface area contributed by atoms with Crippen molar-refractivity contribution in [2.75, 3.05) is 16.5 Å². The Labute approximate surface area is 113 Å². The fourth-order valence-corrected chi connectivity index (χ4v) is 1.82. The van der Waals surface area contributed by atoms with Crippen LogP contribution < -0.4 is 22.3 Å². The molecule has 0 bridgehead atoms. The van der Waals surface area contributed by atoms with Crippen molar-refractivity contribution in [1.82, 2.24) is 9.97 Å². The third kappa shape index (κ3) is 2.88. The average Bonchev–Trinajstić information content (AvgIpc) is 2.33. The van der Waals surface area contributed by atoms with E-state index in [1.165, 1.54) is 0 Å². The van der Waals surface area contributed by atoms with Gasteiger partial charge in [0.25, 0.3) is 0 Å². The Kier molecular flexibility index (Phi) is 3.63. The maximum absolute atomic E-state index is 5.59. The van der Waals surface area contributed by atoms with E-state index in [4.69, 9.17) is 11.6 Å². The van der Waals surface area contributed by atoms with Gasteiger partial charge in [-0.1, -0.05) is 6.07 Å². The van der Waals surface area contributed by atoms with Crippen LogP contribution in [0.3, 0.4) is 0 Å². The molecular formula is C11H13BrN6. The number of nitrogens with two attached hydrogens (primary N) is 2. The molecule has 2 aromatic rings. The number of rotatable bonds is 3. The second-order valence-corrected chi connectivity index (χ2v) is 4.60. The predicted molar refractivity (Wildman–Crippen MR) is 76.4 cm³/mol. The van der Waals surface area contributed by atoms with Gasteiger partial charge in [0, 0.05) is 10.5 Å². The van der Waals surface area contributed by atoms with Crippen LogP contribution in [0.4, 0.5) is 23.3 Å². The first kappa shape index (κ1) is 12.6. The molecule has 1 aromatic heterocycles. The zero-order valence-electron chi connectivity index (χ0n) is 9.74. The van der Waals surface area contributed by atoms with Crippen LogP contribution in [0.25, 0.3) is 0 Å². The molecule has 2 rings (SSSR count). The summed E-state index contributed by atoms with van der Waals surface area (Å²) in [6, 6.07) is 7.64. The monoisotopic (exact) mass is 308 g/mol. The minimum Gasteiger partial charge on any atom is -0.368 e. The van der Waals surface area contributed by atoms with Crippen LogP contribution in [0.1, 0.15) is 5.56 Å². The van der Waals surface area contributed by atoms with Gasteiger partial charge >= 0.3 is 0 Å². The average molecular weight is 309 g/mol. The van der Waals surface area contributed by atoms with E-state index in [0.29, 0.717) is 11.6 Å². The van der Waals surface area contributed by atoms with Crippen LogP contribution in [-0.4, -0.2) is 9.97 Å². The summed E-state index contributed by atoms with van der Waals surface area (Å²) < 4.78 is 0.938. The summed E-state index contributed by atoms with van der Waals surface area (Å²) in [4.78, 5) is 8.00. The van der Waals surface area contributed by atoms with Crippen molar-refractivity contribution in [1.29, 1.82) is 0 Å². The first-order valence-corrected chi connectivity index (χ1v) is 6.02. The second kappa shape index (κ2) is 5.19. The highest BCUT2D eigenvalue weighted by Gasteiger charge is 2.04. The number of aromatic nitrogens is 2. The molecule has 94 valence electrons. The molecule has 7 heteroatoms. The van der Waals surface area contributed by atoms with Crippen LogP contribution in [0.5, 0.6) is 0 Å². The van der Waals surface area contributed by atoms with Gasteiger partial charge in [0.2, 0.25) is 5.95 Å². The van der Waals surface area contributed by atoms with E-state index in [0.717, 1.165) is 15.7 Å². The third-order valence-corrected chi connectivity index (χ3v) is 2.97. The Balaban J connectivity index is 2.33. The Morgan fingerprint density at radius 1 is 1.17 bits per heavy atom. The molecule has 18 heavy (non-hydrogen) atoms. The number of nitrogen functional groups attached to an aromatic ring is 2. The van der Waals surface area contributed by atoms with E-state index < -0.39 is 0 Å². The number of benzene rings is 1. The highest BCUT2D eigenvalue weighted by molar-refractivity contribution is 9.10. The van der Waals surface area contributed by atoms with Crippen molar-refractivity contribution < 1.29 is 0 Å². The number of hydrogen-bond donors (Lipinski definition) is 4. The van der Waals surface area contributed by atoms with Gasteiger partial charge in [0.15, 0.2) is 0 Å². The number of nitrogens with one attached hydrogen (secondary N) is 2. The molecule has 0 aliphatic rings. The largest absolute Gasteiger partial charge is 0.368 e. The Morgan fingerprint density at radius 2 is 1.89 bits per heavy atom. The number of nitrogens with zero attached hydrogens (tertiary/aromatic N) is 2. The zero-order chi connectivity index (χ0) is 13.1. The Morgan fingerprint density at radius 3 is 2.61 bits per heavy atom. The van der Waals surface area contributed by atoms with E-state index >= 15 is 0 Å². The van der Waals surface area contributed by atoms with Gasteiger partial charge in [-0.15, -0.1) is 0 Å². The van der Waals surface area contributed by atoms with Gasteiger partial charge in [-0.05, 0) is 40.5 Å². The van der Waals surface area contributed by atoms with Crippen molar-refractivity contribution >= 4 is 39.2 Å². The van der Waals surface area contributed by atoms with Gasteiger partial charge in [-0.3, -0.25) is 0 Å². The maximum Gasteiger partial charge on any atom is 0.223 e. The fourth-order valence-electron chi connectivity index (χ4n) is 1.48. The van der Waals surface area contributed by atoms with Gasteiger partial charge < -0.3 is 16.5 Å². The molecule has 0 radical (unpaired) electrons. The highest BCUT2D eigenvalue weighted by atomic mass is 79.9. The molecule has 6 N–H and O–H groups in total. The predicted octanol–water partition coefficient (Wildman–Crippen LogP) is 2.16. The highest BCUT2D eigenvalue weighted by Crippen LogP contribution is 2.26. The van der Waals surface area contributed by atoms with E-state index in [9.17, 15) is 0 Å². The van der Waals surface area contributed by atoms with Crippen LogP contribution in [0.15, 0.2) is 28.7 Å². The molecule has 0 aliphatic heterocycles. The van der Waals surface area contributed by atoms with Crippen molar-refractivity contribution in [3.63, 3.8) is 0 Å². The molecule has 0 saturated heterocycles. The van der Waals surface area contributed by atoms with Gasteiger partial charge in [-0.25, -0.2) is 5.84 Å². The van der Waals surface area contributed by atoms with Crippen LogP contribution in [0.2, 0.25) is 0 Å². The molecule has 6 nitrogen and oxygen atoms in total. The number of hydrogen-bond acceptors (Lipinski definition) is 6. The fraction of sp³-hybridized carbons (Fsp3) is 0.0909. The number of halogens is 1. The minimum atomic E-state index is 0.150. The number of anilines is 4. The number of hydrazine groups is 1. The first-order valence-electron chi connectivity index (χ1n) is 5.23. The number of aryl methyl sites for hydroxylation is 1. The van der Waals surface area contributed by atoms with E-state index in [-0.39, 0.29) is 5.95 Å². The molecule has 0 saturated carbocycles. The standard InChI is InChI=1S/C11H13BrN6/c1-6-2-3-7(12)8(4-6)15-9-5-10(18-14)17-11(13)16-9/h2-5H,14H2,1H3,(H4,13,15,16,17,18). The Bertz CT molecular complexity index is 571. The summed E-state index contributed by atoms with van der Waals surface area (Å²) >= 11 is 3.46. The van der Waals surface area contributed by atoms with Gasteiger partial charge in [-0.2, -0.15) is 9.97 Å². The van der Waals surface area contributed by atoms with Crippen molar-refractivity contribution in [3.05, 3.63) is 34.3 Å². The lowest BCUT2D eigenvalue weighted by atomic mass is 10.2. The molecule has 0 fully saturated rings. The first-order chi connectivity index (χ1) is 8.58. The minimum absolute atomic E-state index is 0.150. The molecular weight excluding hydrogens is 296 g/mol. The Hall–Kier alpha value is -1.86. The van der Waals surface area contributed by atoms with Gasteiger partial charge in [0.05, 0.1) is 5.69 Å². The maximum atomic E-state index is 5.59. The SMILES string of the molecule is Cc1ccc(Br)c(Nc2cc(NN)nc(N)n2)c1. The lowest BCUT2D eigenvalue weighted by Crippen LogP contribution is -2.11. The second-order valence-electron chi connectivity index (χ2n) is 3.75. The van der Waals surface area contributed by atoms with E-state index in [1.807, 2.05) is 25.1 Å². The molecule has 0 aliphatic carbocycles. The van der Waals surface area contributed by atoms with Crippen LogP contribution >= 0.6 is 15.9 Å². The third-order valence-electron chi connectivity index (χ3n) is 2.28. The molecule has 1 heterocycles. The summed E-state index contributed by atoms with van der Waals surface area (Å²) in [6.07, 6.45) is 0. The summed E-state index contributed by atoms with van der Waals surface area (Å²) in [7, 11) is 0. The smallest absolute Gasteiger partial charge is 0.223 e. The quantitative estimate of drug-likeness (QED) is 0.512. The van der Waals surface area contributed by atoms with E-state index in [2.05, 4.69) is 36.6 Å². The normalized spacial score (nSPS) is 10.2. The summed E-state index contributed by atoms with van der Waals surface area (Å²) in [5.74, 6) is 6.48. The molecule has 0 atom stereocenters. The lowest BCUT2D eigenvalue weighted by molar-refractivity contribution is 1.15. The molecule has 0 spiro atoms. The molecule has 0 amide bonds. The summed E-state index contributed by atoms with van der Waals surface area (Å²) in [6.45, 7) is 2.01. The lowest BCUT2D eigenvalue weighted by Gasteiger charge is -2.10. The van der Waals surface area contributed by atoms with E-state index in [1.54, 1.807) is 6.07 Å². The van der Waals surface area contributed by atoms with Gasteiger partial charge in [0.1, 0.15) is 11.6 Å². The molecule has 0 unspecified atom stereocenters. The molecule has 1 aromatic carbocycles. The van der Waals surface area contributed by atoms with Crippen LogP contribution in [-0.2, 0) is 0 Å². The summed E-state index contributed by atoms with van der Waals surface area (Å²) in [5, 5.41) is 3.16. The van der Waals surface area contributed by atoms with Crippen molar-refractivity contribution in [2.45, 2.75) is 6.92 Å². The van der Waals surface area contributed by atoms with Crippen LogP contribution in [0, 0.1) is 6.92 Å². The summed E-state index contributed by atoms with van der Waals surface area (Å²) in [5.41, 5.74) is 10.1.